The molecular formula is C22H31N5O6. The van der Waals surface area contributed by atoms with E-state index in [1.807, 2.05) is 38.1 Å². The molecule has 0 radical (unpaired) electrons. The van der Waals surface area contributed by atoms with E-state index in [1.165, 1.54) is 0 Å². The van der Waals surface area contributed by atoms with Crippen LogP contribution < -0.4 is 21.7 Å². The number of H-pyrrole nitrogens is 1. The van der Waals surface area contributed by atoms with E-state index in [0.29, 0.717) is 12.0 Å². The van der Waals surface area contributed by atoms with Crippen molar-refractivity contribution in [2.45, 2.75) is 44.8 Å². The van der Waals surface area contributed by atoms with E-state index in [2.05, 4.69) is 20.9 Å². The maximum atomic E-state index is 12.5. The first-order valence-corrected chi connectivity index (χ1v) is 10.7. The standard InChI is InChI=1S/C22H31N5O6/c1-3-12(2)19(23)21(31)25-10-18(29)26-17(11-28)20(30)27-16(22(32)33)8-13-9-24-15-7-5-4-6-14(13)15/h4-7,9,12,16-17,19,24,28H,3,8,10-11,23H2,1-2H3,(H,25,31)(H,26,29)(H,27,30)(H,32,33). The first kappa shape index (κ1) is 25.8. The Labute approximate surface area is 191 Å². The largest absolute Gasteiger partial charge is 0.480 e. The molecule has 180 valence electrons. The Hall–Kier alpha value is -3.44. The number of aromatic amines is 1. The molecule has 33 heavy (non-hydrogen) atoms. The fourth-order valence-electron chi connectivity index (χ4n) is 3.23. The van der Waals surface area contributed by atoms with Crippen molar-refractivity contribution >= 4 is 34.6 Å². The van der Waals surface area contributed by atoms with Gasteiger partial charge in [0.05, 0.1) is 19.2 Å². The van der Waals surface area contributed by atoms with Crippen molar-refractivity contribution in [3.63, 3.8) is 0 Å². The number of para-hydroxylation sites is 1. The Bertz CT molecular complexity index is 991. The molecule has 4 unspecified atom stereocenters. The topological polar surface area (TPSA) is 187 Å². The van der Waals surface area contributed by atoms with E-state index < -0.39 is 55.0 Å². The molecule has 0 aliphatic heterocycles. The van der Waals surface area contributed by atoms with Gasteiger partial charge in [-0.25, -0.2) is 4.79 Å². The number of benzene rings is 1. The SMILES string of the molecule is CCC(C)C(N)C(=O)NCC(=O)NC(CO)C(=O)NC(Cc1c[nH]c2ccccc12)C(=O)O. The van der Waals surface area contributed by atoms with Gasteiger partial charge in [0.25, 0.3) is 0 Å². The number of aromatic nitrogens is 1. The summed E-state index contributed by atoms with van der Waals surface area (Å²) in [5, 5.41) is 26.9. The molecule has 2 rings (SSSR count). The number of aliphatic carboxylic acids is 1. The number of rotatable bonds is 12. The molecule has 2 aromatic rings. The van der Waals surface area contributed by atoms with Gasteiger partial charge in [0.2, 0.25) is 17.7 Å². The zero-order valence-electron chi connectivity index (χ0n) is 18.6. The van der Waals surface area contributed by atoms with E-state index in [0.717, 1.165) is 10.9 Å². The van der Waals surface area contributed by atoms with Crippen LogP contribution >= 0.6 is 0 Å². The highest BCUT2D eigenvalue weighted by molar-refractivity contribution is 5.93. The number of carbonyl (C=O) groups excluding carboxylic acids is 3. The minimum absolute atomic E-state index is 0.000735. The number of hydrogen-bond acceptors (Lipinski definition) is 6. The Morgan fingerprint density at radius 2 is 1.79 bits per heavy atom. The average Bonchev–Trinajstić information content (AvgIpc) is 3.22. The van der Waals surface area contributed by atoms with Crippen LogP contribution in [0.25, 0.3) is 10.9 Å². The predicted molar refractivity (Wildman–Crippen MR) is 121 cm³/mol. The van der Waals surface area contributed by atoms with Crippen molar-refractivity contribution in [2.75, 3.05) is 13.2 Å². The Morgan fingerprint density at radius 1 is 1.09 bits per heavy atom. The van der Waals surface area contributed by atoms with Gasteiger partial charge in [-0.15, -0.1) is 0 Å². The number of amides is 3. The van der Waals surface area contributed by atoms with Crippen LogP contribution in [-0.4, -0.2) is 70.2 Å². The molecular weight excluding hydrogens is 430 g/mol. The van der Waals surface area contributed by atoms with Crippen LogP contribution in [0.1, 0.15) is 25.8 Å². The smallest absolute Gasteiger partial charge is 0.326 e. The van der Waals surface area contributed by atoms with Gasteiger partial charge >= 0.3 is 5.97 Å². The maximum absolute atomic E-state index is 12.5. The van der Waals surface area contributed by atoms with Crippen LogP contribution in [0.2, 0.25) is 0 Å². The van der Waals surface area contributed by atoms with Gasteiger partial charge in [-0.2, -0.15) is 0 Å². The van der Waals surface area contributed by atoms with Crippen molar-refractivity contribution in [3.05, 3.63) is 36.0 Å². The van der Waals surface area contributed by atoms with E-state index in [9.17, 15) is 29.4 Å². The summed E-state index contributed by atoms with van der Waals surface area (Å²) in [5.41, 5.74) is 7.33. The number of hydrogen-bond donors (Lipinski definition) is 7. The van der Waals surface area contributed by atoms with Gasteiger partial charge in [0.15, 0.2) is 0 Å². The molecule has 1 aromatic heterocycles. The molecule has 11 heteroatoms. The molecule has 0 saturated heterocycles. The minimum atomic E-state index is -1.39. The molecule has 0 aliphatic carbocycles. The number of carboxylic acids is 1. The van der Waals surface area contributed by atoms with Crippen LogP contribution in [-0.2, 0) is 25.6 Å². The Balaban J connectivity index is 1.95. The lowest BCUT2D eigenvalue weighted by Crippen LogP contribution is -2.55. The first-order valence-electron chi connectivity index (χ1n) is 10.7. The van der Waals surface area contributed by atoms with Gasteiger partial charge in [-0.1, -0.05) is 38.5 Å². The van der Waals surface area contributed by atoms with Crippen molar-refractivity contribution < 1.29 is 29.4 Å². The summed E-state index contributed by atoms with van der Waals surface area (Å²) in [6, 6.07) is 3.90. The van der Waals surface area contributed by atoms with Gasteiger partial charge in [-0.05, 0) is 17.5 Å². The second kappa shape index (κ2) is 12.0. The fourth-order valence-corrected chi connectivity index (χ4v) is 3.23. The first-order chi connectivity index (χ1) is 15.7. The van der Waals surface area contributed by atoms with Crippen molar-refractivity contribution in [3.8, 4) is 0 Å². The van der Waals surface area contributed by atoms with Gasteiger partial charge < -0.3 is 36.9 Å². The van der Waals surface area contributed by atoms with Gasteiger partial charge in [-0.3, -0.25) is 14.4 Å². The van der Waals surface area contributed by atoms with E-state index >= 15 is 0 Å². The van der Waals surface area contributed by atoms with E-state index in [-0.39, 0.29) is 12.3 Å². The maximum Gasteiger partial charge on any atom is 0.326 e. The minimum Gasteiger partial charge on any atom is -0.480 e. The predicted octanol–water partition coefficient (Wildman–Crippen LogP) is -0.753. The highest BCUT2D eigenvalue weighted by atomic mass is 16.4. The summed E-state index contributed by atoms with van der Waals surface area (Å²) in [5.74, 6) is -3.43. The summed E-state index contributed by atoms with van der Waals surface area (Å²) < 4.78 is 0. The summed E-state index contributed by atoms with van der Waals surface area (Å²) in [6.45, 7) is 2.51. The number of fused-ring (bicyclic) bond motifs is 1. The highest BCUT2D eigenvalue weighted by Crippen LogP contribution is 2.19. The summed E-state index contributed by atoms with van der Waals surface area (Å²) in [4.78, 5) is 51.4. The molecule has 11 nitrogen and oxygen atoms in total. The molecule has 3 amide bonds. The van der Waals surface area contributed by atoms with Crippen LogP contribution in [0.15, 0.2) is 30.5 Å². The van der Waals surface area contributed by atoms with E-state index in [4.69, 9.17) is 5.73 Å². The van der Waals surface area contributed by atoms with Crippen LogP contribution in [0.3, 0.4) is 0 Å². The highest BCUT2D eigenvalue weighted by Gasteiger charge is 2.27. The van der Waals surface area contributed by atoms with Crippen molar-refractivity contribution in [1.29, 1.82) is 0 Å². The quantitative estimate of drug-likeness (QED) is 0.216. The number of nitrogens with one attached hydrogen (secondary N) is 4. The van der Waals surface area contributed by atoms with Gasteiger partial charge in [0, 0.05) is 23.5 Å². The molecule has 0 fully saturated rings. The van der Waals surface area contributed by atoms with Crippen molar-refractivity contribution in [2.24, 2.45) is 11.7 Å². The number of carboxylic acid groups (broad SMARTS) is 1. The lowest BCUT2D eigenvalue weighted by molar-refractivity contribution is -0.142. The molecule has 0 aliphatic rings. The zero-order valence-corrected chi connectivity index (χ0v) is 18.6. The zero-order chi connectivity index (χ0) is 24.5. The Kier molecular flexibility index (Phi) is 9.37. The van der Waals surface area contributed by atoms with Gasteiger partial charge in [0.1, 0.15) is 12.1 Å². The molecule has 1 aromatic carbocycles. The summed E-state index contributed by atoms with van der Waals surface area (Å²) in [6.07, 6.45) is 2.36. The second-order valence-electron chi connectivity index (χ2n) is 7.89. The van der Waals surface area contributed by atoms with Crippen LogP contribution in [0.5, 0.6) is 0 Å². The number of aliphatic hydroxyl groups is 1. The third kappa shape index (κ3) is 7.02. The monoisotopic (exact) mass is 461 g/mol. The fraction of sp³-hybridized carbons (Fsp3) is 0.455. The third-order valence-electron chi connectivity index (χ3n) is 5.53. The summed E-state index contributed by atoms with van der Waals surface area (Å²) >= 11 is 0. The lowest BCUT2D eigenvalue weighted by atomic mass is 9.99. The third-order valence-corrected chi connectivity index (χ3v) is 5.53. The molecule has 8 N–H and O–H groups in total. The van der Waals surface area contributed by atoms with E-state index in [1.54, 1.807) is 6.20 Å². The Morgan fingerprint density at radius 3 is 2.42 bits per heavy atom. The molecule has 4 atom stereocenters. The van der Waals surface area contributed by atoms with Crippen molar-refractivity contribution in [1.82, 2.24) is 20.9 Å². The van der Waals surface area contributed by atoms with Crippen LogP contribution in [0.4, 0.5) is 0 Å². The molecule has 0 spiro atoms. The molecule has 1 heterocycles. The molecule has 0 saturated carbocycles. The molecule has 0 bridgehead atoms. The number of nitrogens with two attached hydrogens (primary N) is 1. The van der Waals surface area contributed by atoms with Crippen LogP contribution in [0, 0.1) is 5.92 Å². The lowest BCUT2D eigenvalue weighted by Gasteiger charge is -2.21. The number of carbonyl (C=O) groups is 4. The second-order valence-corrected chi connectivity index (χ2v) is 7.89. The number of aliphatic hydroxyl groups excluding tert-OH is 1. The average molecular weight is 462 g/mol. The normalized spacial score (nSPS) is 14.7. The summed E-state index contributed by atoms with van der Waals surface area (Å²) in [7, 11) is 0.